The quantitative estimate of drug-likeness (QED) is 0.403. The number of amides is 1. The van der Waals surface area contributed by atoms with Gasteiger partial charge in [0.2, 0.25) is 5.91 Å². The first-order valence-electron chi connectivity index (χ1n) is 10.7. The number of alkyl halides is 3. The first-order chi connectivity index (χ1) is 17.1. The lowest BCUT2D eigenvalue weighted by Crippen LogP contribution is -2.62. The molecule has 198 valence electrons. The molecule has 1 fully saturated rings. The minimum Gasteiger partial charge on any atom is -0.374 e. The van der Waals surface area contributed by atoms with Gasteiger partial charge in [0.05, 0.1) is 47.6 Å². The van der Waals surface area contributed by atoms with Crippen LogP contribution in [-0.4, -0.2) is 61.2 Å². The molecule has 2 aromatic rings. The lowest BCUT2D eigenvalue weighted by Gasteiger charge is -2.46. The van der Waals surface area contributed by atoms with E-state index in [2.05, 4.69) is 10.1 Å². The molecule has 3 aliphatic heterocycles. The maximum atomic E-state index is 14.3. The summed E-state index contributed by atoms with van der Waals surface area (Å²) >= 11 is 11.5. The number of oxime groups is 1. The normalized spacial score (nSPS) is 22.5. The van der Waals surface area contributed by atoms with Gasteiger partial charge in [-0.15, -0.1) is 0 Å². The predicted molar refractivity (Wildman–Crippen MR) is 123 cm³/mol. The van der Waals surface area contributed by atoms with Gasteiger partial charge in [-0.3, -0.25) is 9.78 Å². The molecule has 1 aromatic carbocycles. The number of ether oxygens (including phenoxy) is 1. The second-order valence-electron chi connectivity index (χ2n) is 9.22. The molecule has 5 rings (SSSR count). The van der Waals surface area contributed by atoms with Gasteiger partial charge in [-0.05, 0) is 18.2 Å². The van der Waals surface area contributed by atoms with Crippen LogP contribution in [0.1, 0.15) is 28.8 Å². The van der Waals surface area contributed by atoms with Crippen molar-refractivity contribution in [2.24, 2.45) is 5.16 Å². The van der Waals surface area contributed by atoms with E-state index in [9.17, 15) is 30.8 Å². The summed E-state index contributed by atoms with van der Waals surface area (Å²) in [5.74, 6) is -2.22. The molecule has 1 spiro atoms. The van der Waals surface area contributed by atoms with Crippen molar-refractivity contribution in [2.45, 2.75) is 30.4 Å². The van der Waals surface area contributed by atoms with Gasteiger partial charge < -0.3 is 14.5 Å². The number of benzene rings is 1. The Morgan fingerprint density at radius 1 is 1.19 bits per heavy atom. The van der Waals surface area contributed by atoms with E-state index in [4.69, 9.17) is 32.8 Å². The van der Waals surface area contributed by atoms with Gasteiger partial charge in [0.25, 0.3) is 5.60 Å². The second-order valence-corrected chi connectivity index (χ2v) is 12.2. The molecule has 0 N–H and O–H groups in total. The van der Waals surface area contributed by atoms with E-state index < -0.39 is 66.7 Å². The highest BCUT2D eigenvalue weighted by Crippen LogP contribution is 2.50. The van der Waals surface area contributed by atoms with E-state index in [1.807, 2.05) is 0 Å². The number of carbonyl (C=O) groups is 1. The number of rotatable bonds is 4. The van der Waals surface area contributed by atoms with Gasteiger partial charge in [0.1, 0.15) is 11.4 Å². The Morgan fingerprint density at radius 3 is 2.43 bits per heavy atom. The SMILES string of the molecule is CS(=O)(=O)CC(=O)N1CC2(C1)OCc1cc(C3=NOC(c4cc(Cl)c(F)c(Cl)c4)(C(F)(F)F)C3)cnc12. The molecule has 0 bridgehead atoms. The van der Waals surface area contributed by atoms with Crippen LogP contribution in [0, 0.1) is 5.82 Å². The highest BCUT2D eigenvalue weighted by atomic mass is 35.5. The minimum absolute atomic E-state index is 0.0521. The summed E-state index contributed by atoms with van der Waals surface area (Å²) in [7, 11) is -3.49. The smallest absolute Gasteiger partial charge is 0.374 e. The van der Waals surface area contributed by atoms with Gasteiger partial charge in [-0.1, -0.05) is 28.4 Å². The van der Waals surface area contributed by atoms with Gasteiger partial charge in [0, 0.05) is 29.1 Å². The van der Waals surface area contributed by atoms with Gasteiger partial charge in [-0.2, -0.15) is 13.2 Å². The Morgan fingerprint density at radius 2 is 1.84 bits per heavy atom. The first-order valence-corrected chi connectivity index (χ1v) is 13.5. The minimum atomic E-state index is -4.95. The first kappa shape index (κ1) is 26.1. The Bertz CT molecular complexity index is 1440. The van der Waals surface area contributed by atoms with Crippen molar-refractivity contribution in [3.05, 3.63) is 62.6 Å². The monoisotopic (exact) mass is 581 g/mol. The number of aromatic nitrogens is 1. The predicted octanol–water partition coefficient (Wildman–Crippen LogP) is 3.72. The number of hydrogen-bond donors (Lipinski definition) is 0. The molecule has 0 aliphatic carbocycles. The number of halogens is 6. The summed E-state index contributed by atoms with van der Waals surface area (Å²) in [5, 5.41) is 2.50. The second kappa shape index (κ2) is 8.52. The molecule has 3 aliphatic rings. The largest absolute Gasteiger partial charge is 0.435 e. The molecule has 15 heteroatoms. The van der Waals surface area contributed by atoms with Crippen molar-refractivity contribution in [3.63, 3.8) is 0 Å². The Balaban J connectivity index is 1.38. The average molecular weight is 582 g/mol. The third-order valence-corrected chi connectivity index (χ3v) is 7.82. The zero-order valence-corrected chi connectivity index (χ0v) is 21.2. The number of hydrogen-bond acceptors (Lipinski definition) is 7. The number of likely N-dealkylation sites (tertiary alicyclic amines) is 1. The molecule has 1 aromatic heterocycles. The lowest BCUT2D eigenvalue weighted by molar-refractivity contribution is -0.275. The van der Waals surface area contributed by atoms with E-state index in [0.29, 0.717) is 11.3 Å². The van der Waals surface area contributed by atoms with Crippen molar-refractivity contribution in [1.29, 1.82) is 0 Å². The van der Waals surface area contributed by atoms with E-state index in [-0.39, 0.29) is 31.0 Å². The summed E-state index contributed by atoms with van der Waals surface area (Å²) in [4.78, 5) is 22.8. The van der Waals surface area contributed by atoms with Crippen LogP contribution in [0.5, 0.6) is 0 Å². The fraction of sp³-hybridized carbons (Fsp3) is 0.409. The summed E-state index contributed by atoms with van der Waals surface area (Å²) in [6.45, 7) is 0.300. The third-order valence-electron chi connectivity index (χ3n) is 6.50. The highest BCUT2D eigenvalue weighted by molar-refractivity contribution is 7.91. The molecule has 4 heterocycles. The molecule has 1 amide bonds. The number of pyridine rings is 1. The Labute approximate surface area is 218 Å². The van der Waals surface area contributed by atoms with Crippen molar-refractivity contribution in [1.82, 2.24) is 9.88 Å². The standard InChI is InChI=1S/C22H17Cl2F4N3O5S/c1-37(33,34)8-17(32)31-9-20(10-31)19-12(7-35-20)2-11(6-29-19)16-5-21(36-30-16,22(26,27)28)13-3-14(23)18(25)15(24)4-13/h2-4,6H,5,7-10H2,1H3. The van der Waals surface area contributed by atoms with Crippen molar-refractivity contribution >= 4 is 44.7 Å². The highest BCUT2D eigenvalue weighted by Gasteiger charge is 2.62. The molecule has 0 saturated carbocycles. The van der Waals surface area contributed by atoms with Crippen molar-refractivity contribution < 1.29 is 40.3 Å². The fourth-order valence-corrected chi connectivity index (χ4v) is 5.74. The molecular weight excluding hydrogens is 565 g/mol. The third kappa shape index (κ3) is 4.35. The van der Waals surface area contributed by atoms with Crippen LogP contribution in [-0.2, 0) is 42.0 Å². The van der Waals surface area contributed by atoms with Crippen LogP contribution in [0.25, 0.3) is 0 Å². The number of sulfone groups is 1. The maximum Gasteiger partial charge on any atom is 0.435 e. The number of carbonyl (C=O) groups excluding carboxylic acids is 1. The topological polar surface area (TPSA) is 98.2 Å². The molecule has 37 heavy (non-hydrogen) atoms. The maximum absolute atomic E-state index is 14.3. The Kier molecular flexibility index (Phi) is 6.02. The summed E-state index contributed by atoms with van der Waals surface area (Å²) in [6.07, 6.45) is -3.40. The van der Waals surface area contributed by atoms with E-state index in [0.717, 1.165) is 18.4 Å². The van der Waals surface area contributed by atoms with E-state index in [1.165, 1.54) is 11.1 Å². The van der Waals surface area contributed by atoms with Crippen LogP contribution in [0.3, 0.4) is 0 Å². The Hall–Kier alpha value is -2.48. The van der Waals surface area contributed by atoms with Gasteiger partial charge in [0.15, 0.2) is 15.7 Å². The molecule has 0 radical (unpaired) electrons. The summed E-state index contributed by atoms with van der Waals surface area (Å²) in [5.41, 5.74) is -3.04. The van der Waals surface area contributed by atoms with Crippen LogP contribution in [0.4, 0.5) is 17.6 Å². The van der Waals surface area contributed by atoms with E-state index in [1.54, 1.807) is 6.07 Å². The zero-order chi connectivity index (χ0) is 27.0. The zero-order valence-electron chi connectivity index (χ0n) is 18.9. The average Bonchev–Trinajstić information content (AvgIpc) is 3.37. The summed E-state index contributed by atoms with van der Waals surface area (Å²) in [6, 6.07) is 3.19. The molecule has 1 atom stereocenters. The molecule has 1 unspecified atom stereocenters. The molecule has 1 saturated heterocycles. The van der Waals surface area contributed by atoms with Crippen LogP contribution in [0.2, 0.25) is 10.0 Å². The van der Waals surface area contributed by atoms with Crippen molar-refractivity contribution in [3.8, 4) is 0 Å². The molecular formula is C22H17Cl2F4N3O5S. The van der Waals surface area contributed by atoms with Crippen LogP contribution < -0.4 is 0 Å². The van der Waals surface area contributed by atoms with Gasteiger partial charge in [-0.25, -0.2) is 12.8 Å². The summed E-state index contributed by atoms with van der Waals surface area (Å²) < 4.78 is 85.2. The van der Waals surface area contributed by atoms with Crippen LogP contribution >= 0.6 is 23.2 Å². The molecule has 8 nitrogen and oxygen atoms in total. The number of nitrogens with zero attached hydrogens (tertiary/aromatic N) is 3. The number of fused-ring (bicyclic) bond motifs is 2. The van der Waals surface area contributed by atoms with E-state index >= 15 is 0 Å². The lowest BCUT2D eigenvalue weighted by atomic mass is 9.85. The van der Waals surface area contributed by atoms with Crippen molar-refractivity contribution in [2.75, 3.05) is 25.1 Å². The van der Waals surface area contributed by atoms with Gasteiger partial charge >= 0.3 is 6.18 Å². The van der Waals surface area contributed by atoms with Crippen LogP contribution in [0.15, 0.2) is 29.6 Å². The fourth-order valence-electron chi connectivity index (χ4n) is 4.62.